The van der Waals surface area contributed by atoms with Crippen molar-refractivity contribution in [3.8, 4) is 5.75 Å². The molecule has 1 aromatic rings. The molecule has 1 aliphatic carbocycles. The number of carbonyl (C=O) groups is 1. The number of ether oxygens (including phenoxy) is 1. The zero-order chi connectivity index (χ0) is 11.5. The van der Waals surface area contributed by atoms with Crippen molar-refractivity contribution >= 4 is 29.0 Å². The second kappa shape index (κ2) is 5.01. The third kappa shape index (κ3) is 2.30. The van der Waals surface area contributed by atoms with Crippen molar-refractivity contribution in [3.05, 3.63) is 29.3 Å². The lowest BCUT2D eigenvalue weighted by atomic mass is 10.1. The third-order valence-electron chi connectivity index (χ3n) is 2.74. The maximum absolute atomic E-state index is 11.1. The van der Waals surface area contributed by atoms with E-state index in [0.717, 1.165) is 12.8 Å². The predicted molar refractivity (Wildman–Crippen MR) is 69.7 cm³/mol. The molecule has 0 heterocycles. The SMILES string of the molecule is CNC(=O)Oc1ccc2c(c1)C(NI)CC2. The fraction of sp³-hybridized carbons (Fsp3) is 0.364. The molecular formula is C11H13IN2O2. The topological polar surface area (TPSA) is 50.4 Å². The van der Waals surface area contributed by atoms with E-state index < -0.39 is 6.09 Å². The second-order valence-electron chi connectivity index (χ2n) is 3.70. The van der Waals surface area contributed by atoms with E-state index in [2.05, 4.69) is 31.7 Å². The number of carbonyl (C=O) groups excluding carboxylic acids is 1. The molecular weight excluding hydrogens is 319 g/mol. The van der Waals surface area contributed by atoms with Crippen LogP contribution in [0.1, 0.15) is 23.6 Å². The van der Waals surface area contributed by atoms with Gasteiger partial charge in [-0.2, -0.15) is 0 Å². The highest BCUT2D eigenvalue weighted by Crippen LogP contribution is 2.34. The number of aryl methyl sites for hydroxylation is 1. The first kappa shape index (κ1) is 11.7. The number of amides is 1. The molecule has 2 N–H and O–H groups in total. The summed E-state index contributed by atoms with van der Waals surface area (Å²) in [4.78, 5) is 11.1. The Morgan fingerprint density at radius 1 is 1.56 bits per heavy atom. The van der Waals surface area contributed by atoms with Gasteiger partial charge in [0.2, 0.25) is 0 Å². The summed E-state index contributed by atoms with van der Waals surface area (Å²) < 4.78 is 8.33. The van der Waals surface area contributed by atoms with E-state index in [1.807, 2.05) is 18.2 Å². The first-order valence-corrected chi connectivity index (χ1v) is 6.21. The highest BCUT2D eigenvalue weighted by Gasteiger charge is 2.22. The molecule has 1 aliphatic rings. The molecule has 2 rings (SSSR count). The molecule has 0 radical (unpaired) electrons. The van der Waals surface area contributed by atoms with Gasteiger partial charge in [-0.15, -0.1) is 0 Å². The van der Waals surface area contributed by atoms with Crippen LogP contribution in [0.15, 0.2) is 18.2 Å². The molecule has 16 heavy (non-hydrogen) atoms. The van der Waals surface area contributed by atoms with Crippen LogP contribution < -0.4 is 13.6 Å². The lowest BCUT2D eigenvalue weighted by Crippen LogP contribution is -2.22. The lowest BCUT2D eigenvalue weighted by Gasteiger charge is -2.10. The fourth-order valence-electron chi connectivity index (χ4n) is 1.92. The molecule has 0 fully saturated rings. The summed E-state index contributed by atoms with van der Waals surface area (Å²) in [7, 11) is 1.55. The molecule has 0 bridgehead atoms. The van der Waals surface area contributed by atoms with Crippen LogP contribution in [0.3, 0.4) is 0 Å². The fourth-order valence-corrected chi connectivity index (χ4v) is 2.56. The van der Waals surface area contributed by atoms with E-state index in [1.54, 1.807) is 7.05 Å². The number of halogens is 1. The zero-order valence-electron chi connectivity index (χ0n) is 8.92. The van der Waals surface area contributed by atoms with Gasteiger partial charge in [-0.1, -0.05) is 6.07 Å². The molecule has 1 atom stereocenters. The van der Waals surface area contributed by atoms with E-state index in [4.69, 9.17) is 4.74 Å². The van der Waals surface area contributed by atoms with Crippen LogP contribution >= 0.6 is 22.9 Å². The minimum atomic E-state index is -0.433. The summed E-state index contributed by atoms with van der Waals surface area (Å²) in [5.74, 6) is 0.594. The first-order chi connectivity index (χ1) is 7.74. The number of hydrogen-bond acceptors (Lipinski definition) is 3. The van der Waals surface area contributed by atoms with Crippen molar-refractivity contribution in [3.63, 3.8) is 0 Å². The Morgan fingerprint density at radius 3 is 3.06 bits per heavy atom. The third-order valence-corrected chi connectivity index (χ3v) is 3.49. The Kier molecular flexibility index (Phi) is 3.65. The molecule has 5 heteroatoms. The zero-order valence-corrected chi connectivity index (χ0v) is 11.1. The summed E-state index contributed by atoms with van der Waals surface area (Å²) in [5.41, 5.74) is 2.56. The Balaban J connectivity index is 2.21. The molecule has 0 saturated heterocycles. The minimum Gasteiger partial charge on any atom is -0.410 e. The van der Waals surface area contributed by atoms with E-state index in [-0.39, 0.29) is 0 Å². The van der Waals surface area contributed by atoms with Gasteiger partial charge in [0.05, 0.1) is 0 Å². The van der Waals surface area contributed by atoms with Crippen LogP contribution in [0.5, 0.6) is 5.75 Å². The summed E-state index contributed by atoms with van der Waals surface area (Å²) in [5, 5.41) is 2.43. The lowest BCUT2D eigenvalue weighted by molar-refractivity contribution is 0.203. The largest absolute Gasteiger partial charge is 0.412 e. The van der Waals surface area contributed by atoms with Crippen molar-refractivity contribution in [1.82, 2.24) is 8.85 Å². The van der Waals surface area contributed by atoms with Crippen LogP contribution in [-0.2, 0) is 6.42 Å². The number of fused-ring (bicyclic) bond motifs is 1. The molecule has 1 amide bonds. The van der Waals surface area contributed by atoms with Gasteiger partial charge in [0.25, 0.3) is 0 Å². The average Bonchev–Trinajstić information content (AvgIpc) is 2.71. The number of nitrogens with one attached hydrogen (secondary N) is 2. The average molecular weight is 332 g/mol. The Hall–Kier alpha value is -0.820. The van der Waals surface area contributed by atoms with E-state index in [1.165, 1.54) is 11.1 Å². The minimum absolute atomic E-state index is 0.365. The van der Waals surface area contributed by atoms with Gasteiger partial charge in [0.1, 0.15) is 5.75 Å². The van der Waals surface area contributed by atoms with Crippen molar-refractivity contribution in [2.24, 2.45) is 0 Å². The van der Waals surface area contributed by atoms with Crippen LogP contribution in [0.4, 0.5) is 4.79 Å². The smallest absolute Gasteiger partial charge is 0.410 e. The van der Waals surface area contributed by atoms with E-state index in [9.17, 15) is 4.79 Å². The first-order valence-electron chi connectivity index (χ1n) is 5.13. The predicted octanol–water partition coefficient (Wildman–Crippen LogP) is 2.33. The summed E-state index contributed by atoms with van der Waals surface area (Å²) in [6, 6.07) is 6.17. The molecule has 86 valence electrons. The Bertz CT molecular complexity index is 409. The van der Waals surface area contributed by atoms with Gasteiger partial charge in [0, 0.05) is 36.0 Å². The Morgan fingerprint density at radius 2 is 2.38 bits per heavy atom. The van der Waals surface area contributed by atoms with Crippen LogP contribution in [0.25, 0.3) is 0 Å². The molecule has 4 nitrogen and oxygen atoms in total. The summed E-state index contributed by atoms with van der Waals surface area (Å²) in [6.07, 6.45) is 1.75. The highest BCUT2D eigenvalue weighted by atomic mass is 127. The summed E-state index contributed by atoms with van der Waals surface area (Å²) in [6.45, 7) is 0. The second-order valence-corrected chi connectivity index (χ2v) is 4.32. The molecule has 1 aromatic carbocycles. The van der Waals surface area contributed by atoms with E-state index in [0.29, 0.717) is 11.8 Å². The molecule has 1 unspecified atom stereocenters. The quantitative estimate of drug-likeness (QED) is 0.646. The number of hydrogen-bond donors (Lipinski definition) is 2. The van der Waals surface area contributed by atoms with Crippen LogP contribution in [-0.4, -0.2) is 13.1 Å². The van der Waals surface area contributed by atoms with Crippen LogP contribution in [0.2, 0.25) is 0 Å². The Labute approximate surface area is 108 Å². The highest BCUT2D eigenvalue weighted by molar-refractivity contribution is 14.1. The van der Waals surface area contributed by atoms with Gasteiger partial charge in [-0.25, -0.2) is 4.79 Å². The normalized spacial score (nSPS) is 18.0. The van der Waals surface area contributed by atoms with Crippen LogP contribution in [0, 0.1) is 0 Å². The van der Waals surface area contributed by atoms with Crippen molar-refractivity contribution in [2.45, 2.75) is 18.9 Å². The van der Waals surface area contributed by atoms with Crippen molar-refractivity contribution in [2.75, 3.05) is 7.05 Å². The maximum atomic E-state index is 11.1. The van der Waals surface area contributed by atoms with E-state index >= 15 is 0 Å². The molecule has 0 saturated carbocycles. The van der Waals surface area contributed by atoms with Crippen molar-refractivity contribution < 1.29 is 9.53 Å². The number of benzene rings is 1. The molecule has 0 spiro atoms. The molecule has 0 aliphatic heterocycles. The van der Waals surface area contributed by atoms with Gasteiger partial charge in [-0.05, 0) is 36.1 Å². The van der Waals surface area contributed by atoms with Gasteiger partial charge < -0.3 is 10.1 Å². The molecule has 0 aromatic heterocycles. The maximum Gasteiger partial charge on any atom is 0.412 e. The van der Waals surface area contributed by atoms with Gasteiger partial charge in [0.15, 0.2) is 0 Å². The van der Waals surface area contributed by atoms with Gasteiger partial charge in [-0.3, -0.25) is 3.53 Å². The monoisotopic (exact) mass is 332 g/mol. The van der Waals surface area contributed by atoms with Gasteiger partial charge >= 0.3 is 6.09 Å². The number of rotatable bonds is 2. The standard InChI is InChI=1S/C11H13IN2O2/c1-13-11(15)16-8-4-2-7-3-5-10(14-12)9(7)6-8/h2,4,6,10,14H,3,5H2,1H3,(H,13,15). The summed E-state index contributed by atoms with van der Waals surface area (Å²) >= 11 is 2.16. The van der Waals surface area contributed by atoms with Crippen molar-refractivity contribution in [1.29, 1.82) is 0 Å².